The molecule has 3 aromatic rings. The molecule has 0 fully saturated rings. The first-order valence-electron chi connectivity index (χ1n) is 6.90. The number of nitro groups is 1. The Morgan fingerprint density at radius 2 is 1.87 bits per heavy atom. The smallest absolute Gasteiger partial charge is 0.267 e. The summed E-state index contributed by atoms with van der Waals surface area (Å²) in [5, 5.41) is 20.2. The molecule has 114 valence electrons. The van der Waals surface area contributed by atoms with Gasteiger partial charge in [-0.25, -0.2) is 4.68 Å². The van der Waals surface area contributed by atoms with Gasteiger partial charge in [0.05, 0.1) is 28.4 Å². The zero-order chi connectivity index (χ0) is 16.4. The van der Waals surface area contributed by atoms with Gasteiger partial charge >= 0.3 is 0 Å². The van der Waals surface area contributed by atoms with E-state index in [1.165, 1.54) is 22.9 Å². The highest BCUT2D eigenvalue weighted by Gasteiger charge is 2.16. The third kappa shape index (κ3) is 2.58. The summed E-state index contributed by atoms with van der Waals surface area (Å²) in [6, 6.07) is 15.5. The van der Waals surface area contributed by atoms with E-state index in [0.717, 1.165) is 5.56 Å². The van der Waals surface area contributed by atoms with E-state index in [1.807, 2.05) is 36.4 Å². The molecule has 0 radical (unpaired) electrons. The number of hydrogen-bond donors (Lipinski definition) is 0. The van der Waals surface area contributed by atoms with Crippen molar-refractivity contribution in [2.75, 3.05) is 0 Å². The summed E-state index contributed by atoms with van der Waals surface area (Å²) in [6.45, 7) is 0.285. The Kier molecular flexibility index (Phi) is 3.65. The molecule has 1 aromatic heterocycles. The number of fused-ring (bicyclic) bond motifs is 1. The van der Waals surface area contributed by atoms with Crippen molar-refractivity contribution in [1.82, 2.24) is 9.36 Å². The lowest BCUT2D eigenvalue weighted by molar-refractivity contribution is -0.384. The van der Waals surface area contributed by atoms with Gasteiger partial charge in [-0.05, 0) is 11.6 Å². The van der Waals surface area contributed by atoms with Crippen molar-refractivity contribution in [3.63, 3.8) is 0 Å². The number of nitro benzene ring substituents is 1. The molecule has 0 aliphatic rings. The zero-order valence-electron chi connectivity index (χ0n) is 12.0. The number of rotatable bonds is 4. The van der Waals surface area contributed by atoms with Crippen LogP contribution in [-0.2, 0) is 13.1 Å². The Balaban J connectivity index is 2.21. The maximum absolute atomic E-state index is 12.6. The van der Waals surface area contributed by atoms with Crippen LogP contribution in [0.4, 0.5) is 5.69 Å². The molecule has 0 amide bonds. The number of nitriles is 1. The Morgan fingerprint density at radius 3 is 2.52 bits per heavy atom. The first-order chi connectivity index (χ1) is 11.1. The van der Waals surface area contributed by atoms with E-state index in [9.17, 15) is 14.9 Å². The number of non-ortho nitro benzene ring substituents is 1. The molecule has 0 aliphatic heterocycles. The van der Waals surface area contributed by atoms with Crippen molar-refractivity contribution >= 4 is 16.6 Å². The molecule has 0 unspecified atom stereocenters. The highest BCUT2D eigenvalue weighted by Crippen LogP contribution is 2.19. The van der Waals surface area contributed by atoms with Gasteiger partial charge in [0.1, 0.15) is 6.54 Å². The lowest BCUT2D eigenvalue weighted by atomic mass is 10.2. The van der Waals surface area contributed by atoms with Gasteiger partial charge in [-0.2, -0.15) is 5.26 Å². The van der Waals surface area contributed by atoms with Gasteiger partial charge in [-0.15, -0.1) is 0 Å². The quantitative estimate of drug-likeness (QED) is 0.546. The minimum absolute atomic E-state index is 0.0105. The van der Waals surface area contributed by atoms with Crippen LogP contribution in [-0.4, -0.2) is 14.3 Å². The molecule has 1 heterocycles. The molecule has 0 aliphatic carbocycles. The molecule has 0 spiro atoms. The van der Waals surface area contributed by atoms with Crippen LogP contribution < -0.4 is 5.56 Å². The lowest BCUT2D eigenvalue weighted by Crippen LogP contribution is -2.23. The molecule has 2 aromatic carbocycles. The molecule has 0 N–H and O–H groups in total. The Bertz CT molecular complexity index is 980. The predicted octanol–water partition coefficient (Wildman–Crippen LogP) is 2.28. The van der Waals surface area contributed by atoms with Crippen LogP contribution in [0.1, 0.15) is 5.56 Å². The minimum atomic E-state index is -0.540. The molecular weight excluding hydrogens is 296 g/mol. The normalized spacial score (nSPS) is 10.6. The summed E-state index contributed by atoms with van der Waals surface area (Å²) in [5.41, 5.74) is 0.933. The third-order valence-corrected chi connectivity index (χ3v) is 3.62. The van der Waals surface area contributed by atoms with Crippen molar-refractivity contribution in [3.05, 3.63) is 74.6 Å². The summed E-state index contributed by atoms with van der Waals surface area (Å²) in [5.74, 6) is 0. The van der Waals surface area contributed by atoms with Crippen molar-refractivity contribution < 1.29 is 4.92 Å². The molecule has 0 bridgehead atoms. The molecule has 3 rings (SSSR count). The average molecular weight is 308 g/mol. The second-order valence-corrected chi connectivity index (χ2v) is 5.02. The van der Waals surface area contributed by atoms with Gasteiger partial charge in [0.15, 0.2) is 0 Å². The van der Waals surface area contributed by atoms with Crippen LogP contribution >= 0.6 is 0 Å². The van der Waals surface area contributed by atoms with E-state index in [0.29, 0.717) is 12.1 Å². The first kappa shape index (κ1) is 14.5. The Hall–Kier alpha value is -3.40. The molecule has 7 nitrogen and oxygen atoms in total. The highest BCUT2D eigenvalue weighted by molar-refractivity contribution is 5.81. The van der Waals surface area contributed by atoms with Gasteiger partial charge < -0.3 is 0 Å². The second kappa shape index (κ2) is 5.77. The van der Waals surface area contributed by atoms with Crippen LogP contribution in [0.15, 0.2) is 53.3 Å². The van der Waals surface area contributed by atoms with Crippen molar-refractivity contribution in [2.45, 2.75) is 13.1 Å². The standard InChI is InChI=1S/C16H12N4O3/c17-8-9-18-15-7-6-13(20(22)23)10-14(15)16(21)19(18)11-12-4-2-1-3-5-12/h1-7,10H,9,11H2. The Morgan fingerprint density at radius 1 is 1.13 bits per heavy atom. The van der Waals surface area contributed by atoms with E-state index < -0.39 is 4.92 Å². The van der Waals surface area contributed by atoms with Gasteiger partial charge in [0.2, 0.25) is 0 Å². The molecule has 0 atom stereocenters. The highest BCUT2D eigenvalue weighted by atomic mass is 16.6. The van der Waals surface area contributed by atoms with Gasteiger partial charge in [-0.3, -0.25) is 19.6 Å². The van der Waals surface area contributed by atoms with E-state index in [-0.39, 0.29) is 23.2 Å². The molecular formula is C16H12N4O3. The van der Waals surface area contributed by atoms with Crippen LogP contribution in [0.5, 0.6) is 0 Å². The summed E-state index contributed by atoms with van der Waals surface area (Å²) in [7, 11) is 0. The monoisotopic (exact) mass is 308 g/mol. The summed E-state index contributed by atoms with van der Waals surface area (Å²) in [4.78, 5) is 23.0. The number of hydrogen-bond acceptors (Lipinski definition) is 4. The van der Waals surface area contributed by atoms with Crippen LogP contribution in [0.25, 0.3) is 10.9 Å². The zero-order valence-corrected chi connectivity index (χ0v) is 12.0. The molecule has 0 saturated heterocycles. The third-order valence-electron chi connectivity index (χ3n) is 3.62. The van der Waals surface area contributed by atoms with Crippen molar-refractivity contribution in [3.8, 4) is 6.07 Å². The maximum Gasteiger partial charge on any atom is 0.275 e. The van der Waals surface area contributed by atoms with Gasteiger partial charge in [-0.1, -0.05) is 30.3 Å². The number of benzene rings is 2. The predicted molar refractivity (Wildman–Crippen MR) is 84.0 cm³/mol. The van der Waals surface area contributed by atoms with Crippen molar-refractivity contribution in [1.29, 1.82) is 5.26 Å². The summed E-state index contributed by atoms with van der Waals surface area (Å²) < 4.78 is 2.99. The summed E-state index contributed by atoms with van der Waals surface area (Å²) in [6.07, 6.45) is 0. The number of nitrogens with zero attached hydrogens (tertiary/aromatic N) is 4. The fourth-order valence-electron chi connectivity index (χ4n) is 2.56. The summed E-state index contributed by atoms with van der Waals surface area (Å²) >= 11 is 0. The van der Waals surface area contributed by atoms with E-state index >= 15 is 0 Å². The van der Waals surface area contributed by atoms with E-state index in [1.54, 1.807) is 4.68 Å². The SMILES string of the molecule is N#CCn1c2ccc([N+](=O)[O-])cc2c(=O)n1Cc1ccccc1. The van der Waals surface area contributed by atoms with Gasteiger partial charge in [0, 0.05) is 12.1 Å². The second-order valence-electron chi connectivity index (χ2n) is 5.02. The lowest BCUT2D eigenvalue weighted by Gasteiger charge is -2.09. The largest absolute Gasteiger partial charge is 0.275 e. The molecule has 0 saturated carbocycles. The van der Waals surface area contributed by atoms with Crippen LogP contribution in [0.3, 0.4) is 0 Å². The topological polar surface area (TPSA) is 93.9 Å². The Labute approximate surface area is 130 Å². The van der Waals surface area contributed by atoms with Crippen LogP contribution in [0.2, 0.25) is 0 Å². The van der Waals surface area contributed by atoms with E-state index in [2.05, 4.69) is 0 Å². The maximum atomic E-state index is 12.6. The minimum Gasteiger partial charge on any atom is -0.267 e. The molecule has 7 heteroatoms. The fourth-order valence-corrected chi connectivity index (χ4v) is 2.56. The van der Waals surface area contributed by atoms with Gasteiger partial charge in [0.25, 0.3) is 11.2 Å². The first-order valence-corrected chi connectivity index (χ1v) is 6.90. The van der Waals surface area contributed by atoms with Crippen molar-refractivity contribution in [2.24, 2.45) is 0 Å². The number of aromatic nitrogens is 2. The average Bonchev–Trinajstić information content (AvgIpc) is 2.81. The molecule has 23 heavy (non-hydrogen) atoms. The van der Waals surface area contributed by atoms with Crippen LogP contribution in [0, 0.1) is 21.4 Å². The van der Waals surface area contributed by atoms with E-state index in [4.69, 9.17) is 5.26 Å². The fraction of sp³-hybridized carbons (Fsp3) is 0.125.